The smallest absolute Gasteiger partial charge is 0.338 e. The minimum absolute atomic E-state index is 0.313. The molecule has 0 bridgehead atoms. The Balaban J connectivity index is 1.70. The molecule has 0 spiro atoms. The minimum atomic E-state index is -0.899. The Morgan fingerprint density at radius 1 is 0.741 bits per heavy atom. The molecule has 0 heterocycles. The molecular weight excluding hydrogens is 338 g/mol. The van der Waals surface area contributed by atoms with Crippen molar-refractivity contribution >= 4 is 11.9 Å². The number of carbonyl (C=O) groups is 2. The third-order valence-electron chi connectivity index (χ3n) is 4.12. The molecule has 3 aromatic carbocycles. The zero-order valence-corrected chi connectivity index (χ0v) is 14.9. The SMILES string of the molecule is O=C(OC(Cc1ccccc1)C(=O)NCc1ccccc1)c1ccccc1. The molecule has 4 heteroatoms. The summed E-state index contributed by atoms with van der Waals surface area (Å²) in [4.78, 5) is 25.1. The Hall–Kier alpha value is -3.40. The van der Waals surface area contributed by atoms with E-state index in [1.54, 1.807) is 24.3 Å². The van der Waals surface area contributed by atoms with E-state index in [1.165, 1.54) is 0 Å². The molecule has 1 unspecified atom stereocenters. The first-order chi connectivity index (χ1) is 13.2. The fraction of sp³-hybridized carbons (Fsp3) is 0.130. The molecule has 0 aliphatic heterocycles. The number of ether oxygens (including phenoxy) is 1. The van der Waals surface area contributed by atoms with Gasteiger partial charge in [0.2, 0.25) is 0 Å². The molecule has 0 radical (unpaired) electrons. The van der Waals surface area contributed by atoms with Crippen molar-refractivity contribution in [3.63, 3.8) is 0 Å². The van der Waals surface area contributed by atoms with Gasteiger partial charge in [0.15, 0.2) is 6.10 Å². The molecule has 1 atom stereocenters. The first-order valence-corrected chi connectivity index (χ1v) is 8.84. The number of carbonyl (C=O) groups excluding carboxylic acids is 2. The van der Waals surface area contributed by atoms with Crippen molar-refractivity contribution in [2.45, 2.75) is 19.1 Å². The summed E-state index contributed by atoms with van der Waals surface area (Å²) in [6.07, 6.45) is -0.580. The maximum absolute atomic E-state index is 12.7. The van der Waals surface area contributed by atoms with E-state index in [9.17, 15) is 9.59 Å². The molecule has 1 amide bonds. The maximum atomic E-state index is 12.7. The Morgan fingerprint density at radius 2 is 1.26 bits per heavy atom. The molecule has 0 saturated heterocycles. The molecule has 136 valence electrons. The fourth-order valence-electron chi connectivity index (χ4n) is 2.69. The summed E-state index contributed by atoms with van der Waals surface area (Å²) in [7, 11) is 0. The quantitative estimate of drug-likeness (QED) is 0.653. The van der Waals surface area contributed by atoms with Crippen molar-refractivity contribution in [3.8, 4) is 0 Å². The van der Waals surface area contributed by atoms with Gasteiger partial charge in [-0.25, -0.2) is 4.79 Å². The lowest BCUT2D eigenvalue weighted by Gasteiger charge is -2.18. The van der Waals surface area contributed by atoms with Crippen LogP contribution in [0.15, 0.2) is 91.0 Å². The highest BCUT2D eigenvalue weighted by atomic mass is 16.5. The largest absolute Gasteiger partial charge is 0.448 e. The number of nitrogens with one attached hydrogen (secondary N) is 1. The van der Waals surface area contributed by atoms with Crippen molar-refractivity contribution in [3.05, 3.63) is 108 Å². The molecule has 3 rings (SSSR count). The predicted molar refractivity (Wildman–Crippen MR) is 104 cm³/mol. The van der Waals surface area contributed by atoms with Crippen LogP contribution in [-0.2, 0) is 22.5 Å². The average molecular weight is 359 g/mol. The highest BCUT2D eigenvalue weighted by molar-refractivity contribution is 5.92. The molecule has 0 aromatic heterocycles. The zero-order valence-electron chi connectivity index (χ0n) is 14.9. The van der Waals surface area contributed by atoms with Crippen LogP contribution in [0.5, 0.6) is 0 Å². The highest BCUT2D eigenvalue weighted by Gasteiger charge is 2.24. The van der Waals surface area contributed by atoms with Gasteiger partial charge in [-0.2, -0.15) is 0 Å². The summed E-state index contributed by atoms with van der Waals surface area (Å²) in [6.45, 7) is 0.383. The van der Waals surface area contributed by atoms with Gasteiger partial charge in [-0.05, 0) is 23.3 Å². The number of esters is 1. The molecule has 1 N–H and O–H groups in total. The molecule has 3 aromatic rings. The van der Waals surface area contributed by atoms with Gasteiger partial charge in [-0.15, -0.1) is 0 Å². The number of hydrogen-bond donors (Lipinski definition) is 1. The van der Waals surface area contributed by atoms with Crippen LogP contribution in [0.3, 0.4) is 0 Å². The predicted octanol–water partition coefficient (Wildman–Crippen LogP) is 3.77. The first kappa shape index (κ1) is 18.4. The molecule has 0 aliphatic rings. The Kier molecular flexibility index (Phi) is 6.36. The zero-order chi connectivity index (χ0) is 18.9. The van der Waals surface area contributed by atoms with Gasteiger partial charge in [0.25, 0.3) is 5.91 Å². The highest BCUT2D eigenvalue weighted by Crippen LogP contribution is 2.11. The lowest BCUT2D eigenvalue weighted by atomic mass is 10.1. The second kappa shape index (κ2) is 9.34. The second-order valence-corrected chi connectivity index (χ2v) is 6.15. The van der Waals surface area contributed by atoms with Crippen molar-refractivity contribution in [2.24, 2.45) is 0 Å². The Morgan fingerprint density at radius 3 is 1.85 bits per heavy atom. The van der Waals surface area contributed by atoms with E-state index < -0.39 is 12.1 Å². The lowest BCUT2D eigenvalue weighted by Crippen LogP contribution is -2.39. The van der Waals surface area contributed by atoms with E-state index >= 15 is 0 Å². The fourth-order valence-corrected chi connectivity index (χ4v) is 2.69. The van der Waals surface area contributed by atoms with Crippen molar-refractivity contribution < 1.29 is 14.3 Å². The minimum Gasteiger partial charge on any atom is -0.448 e. The molecule has 27 heavy (non-hydrogen) atoms. The van der Waals surface area contributed by atoms with E-state index in [4.69, 9.17) is 4.74 Å². The molecule has 0 saturated carbocycles. The summed E-state index contributed by atoms with van der Waals surface area (Å²) in [6, 6.07) is 27.8. The normalized spacial score (nSPS) is 11.4. The van der Waals surface area contributed by atoms with E-state index in [2.05, 4.69) is 5.32 Å². The molecular formula is C23H21NO3. The van der Waals surface area contributed by atoms with Crippen LogP contribution in [-0.4, -0.2) is 18.0 Å². The van der Waals surface area contributed by atoms with Gasteiger partial charge >= 0.3 is 5.97 Å². The average Bonchev–Trinajstić information content (AvgIpc) is 2.73. The second-order valence-electron chi connectivity index (χ2n) is 6.15. The number of hydrogen-bond acceptors (Lipinski definition) is 3. The van der Waals surface area contributed by atoms with Gasteiger partial charge in [0.1, 0.15) is 0 Å². The lowest BCUT2D eigenvalue weighted by molar-refractivity contribution is -0.130. The topological polar surface area (TPSA) is 55.4 Å². The van der Waals surface area contributed by atoms with Gasteiger partial charge in [-0.1, -0.05) is 78.9 Å². The van der Waals surface area contributed by atoms with Crippen molar-refractivity contribution in [1.82, 2.24) is 5.32 Å². The number of rotatable bonds is 7. The Bertz CT molecular complexity index is 864. The van der Waals surface area contributed by atoms with Gasteiger partial charge in [-0.3, -0.25) is 4.79 Å². The third kappa shape index (κ3) is 5.54. The van der Waals surface area contributed by atoms with Crippen LogP contribution in [0.2, 0.25) is 0 Å². The van der Waals surface area contributed by atoms with Crippen molar-refractivity contribution in [1.29, 1.82) is 0 Å². The van der Waals surface area contributed by atoms with Crippen molar-refractivity contribution in [2.75, 3.05) is 0 Å². The van der Waals surface area contributed by atoms with E-state index in [-0.39, 0.29) is 5.91 Å². The summed E-state index contributed by atoms with van der Waals surface area (Å²) < 4.78 is 5.54. The van der Waals surface area contributed by atoms with Gasteiger partial charge in [0.05, 0.1) is 5.56 Å². The van der Waals surface area contributed by atoms with Crippen LogP contribution in [0.1, 0.15) is 21.5 Å². The van der Waals surface area contributed by atoms with Crippen LogP contribution >= 0.6 is 0 Å². The van der Waals surface area contributed by atoms with E-state index in [1.807, 2.05) is 66.7 Å². The van der Waals surface area contributed by atoms with Gasteiger partial charge in [0, 0.05) is 13.0 Å². The van der Waals surface area contributed by atoms with E-state index in [0.717, 1.165) is 11.1 Å². The molecule has 4 nitrogen and oxygen atoms in total. The first-order valence-electron chi connectivity index (χ1n) is 8.84. The maximum Gasteiger partial charge on any atom is 0.338 e. The Labute approximate surface area is 158 Å². The number of amides is 1. The third-order valence-corrected chi connectivity index (χ3v) is 4.12. The monoisotopic (exact) mass is 359 g/mol. The molecule has 0 fully saturated rings. The summed E-state index contributed by atoms with van der Waals surface area (Å²) >= 11 is 0. The molecule has 0 aliphatic carbocycles. The van der Waals surface area contributed by atoms with Crippen LogP contribution in [0.25, 0.3) is 0 Å². The summed E-state index contributed by atoms with van der Waals surface area (Å²) in [5.74, 6) is -0.821. The number of benzene rings is 3. The van der Waals surface area contributed by atoms with E-state index in [0.29, 0.717) is 18.5 Å². The van der Waals surface area contributed by atoms with Crippen LogP contribution in [0, 0.1) is 0 Å². The van der Waals surface area contributed by atoms with Gasteiger partial charge < -0.3 is 10.1 Å². The van der Waals surface area contributed by atoms with Crippen LogP contribution in [0.4, 0.5) is 0 Å². The standard InChI is InChI=1S/C23H21NO3/c25-22(24-17-19-12-6-2-7-13-19)21(16-18-10-4-1-5-11-18)27-23(26)20-14-8-3-9-15-20/h1-15,21H,16-17H2,(H,24,25). The summed E-state index contributed by atoms with van der Waals surface area (Å²) in [5.41, 5.74) is 2.34. The summed E-state index contributed by atoms with van der Waals surface area (Å²) in [5, 5.41) is 2.86. The van der Waals surface area contributed by atoms with Crippen LogP contribution < -0.4 is 5.32 Å².